The largest absolute Gasteiger partial charge is 0.466 e. The normalized spacial score (nSPS) is 11.5. The van der Waals surface area contributed by atoms with Gasteiger partial charge in [0, 0.05) is 19.4 Å². The molecule has 0 spiro atoms. The van der Waals surface area contributed by atoms with Gasteiger partial charge < -0.3 is 19.5 Å². The lowest BCUT2D eigenvalue weighted by atomic mass is 9.92. The summed E-state index contributed by atoms with van der Waals surface area (Å²) < 4.78 is 11.0. The zero-order valence-corrected chi connectivity index (χ0v) is 29.0. The van der Waals surface area contributed by atoms with Gasteiger partial charge in [0.25, 0.3) is 0 Å². The molecule has 0 fully saturated rings. The van der Waals surface area contributed by atoms with Crippen LogP contribution < -0.4 is 0 Å². The Labute approximate surface area is 267 Å². The van der Waals surface area contributed by atoms with Crippen LogP contribution in [0.5, 0.6) is 0 Å². The molecule has 0 rings (SSSR count). The second-order valence-electron chi connectivity index (χ2n) is 12.7. The maximum atomic E-state index is 12.3. The summed E-state index contributed by atoms with van der Waals surface area (Å²) in [6.07, 6.45) is 28.4. The minimum Gasteiger partial charge on any atom is -0.466 e. The summed E-state index contributed by atoms with van der Waals surface area (Å²) >= 11 is 0. The van der Waals surface area contributed by atoms with Crippen LogP contribution in [0.15, 0.2) is 0 Å². The molecule has 0 saturated carbocycles. The quantitative estimate of drug-likeness (QED) is 0.0576. The number of unbranched alkanes of at least 4 members (excludes halogenated alkanes) is 15. The Morgan fingerprint density at radius 2 is 0.977 bits per heavy atom. The number of esters is 2. The number of ether oxygens (including phenoxy) is 2. The minimum absolute atomic E-state index is 0.0617. The molecule has 6 nitrogen and oxygen atoms in total. The van der Waals surface area contributed by atoms with E-state index in [0.29, 0.717) is 38.5 Å². The number of nitrogens with zero attached hydrogens (tertiary/aromatic N) is 1. The lowest BCUT2D eigenvalue weighted by Gasteiger charge is -2.21. The average molecular weight is 612 g/mol. The van der Waals surface area contributed by atoms with Crippen LogP contribution in [-0.4, -0.2) is 61.4 Å². The van der Waals surface area contributed by atoms with Gasteiger partial charge in [-0.1, -0.05) is 136 Å². The number of aliphatic hydroxyl groups is 1. The van der Waals surface area contributed by atoms with Gasteiger partial charge in [-0.25, -0.2) is 0 Å². The molecule has 0 amide bonds. The lowest BCUT2D eigenvalue weighted by molar-refractivity contribution is -0.145. The molecule has 43 heavy (non-hydrogen) atoms. The van der Waals surface area contributed by atoms with Crippen LogP contribution in [0.3, 0.4) is 0 Å². The molecule has 0 aliphatic rings. The van der Waals surface area contributed by atoms with E-state index in [-0.39, 0.29) is 18.5 Å². The first-order chi connectivity index (χ1) is 21.1. The summed E-state index contributed by atoms with van der Waals surface area (Å²) in [4.78, 5) is 26.6. The van der Waals surface area contributed by atoms with Gasteiger partial charge in [0.2, 0.25) is 0 Å². The number of aliphatic hydroxyl groups excluding tert-OH is 1. The van der Waals surface area contributed by atoms with E-state index in [4.69, 9.17) is 9.47 Å². The van der Waals surface area contributed by atoms with Gasteiger partial charge in [0.15, 0.2) is 0 Å². The maximum Gasteiger partial charge on any atom is 0.305 e. The van der Waals surface area contributed by atoms with E-state index in [9.17, 15) is 14.7 Å². The molecule has 0 aromatic heterocycles. The monoisotopic (exact) mass is 612 g/mol. The van der Waals surface area contributed by atoms with Gasteiger partial charge in [-0.2, -0.15) is 0 Å². The predicted molar refractivity (Wildman–Crippen MR) is 181 cm³/mol. The van der Waals surface area contributed by atoms with E-state index in [1.165, 1.54) is 103 Å². The van der Waals surface area contributed by atoms with Crippen LogP contribution in [0.4, 0.5) is 0 Å². The standard InChI is InChI=1S/C37H73NO5/c1-4-7-10-13-14-15-16-22-33-42-37(41)27-23-30-38(31-32-39)29-21-17-20-26-36(40)43-34-28-35(24-18-11-8-5-2)25-19-12-9-6-3/h35,39H,4-34H2,1-3H3. The Morgan fingerprint density at radius 1 is 0.512 bits per heavy atom. The number of hydrogen-bond donors (Lipinski definition) is 1. The van der Waals surface area contributed by atoms with Gasteiger partial charge in [0.05, 0.1) is 19.8 Å². The van der Waals surface area contributed by atoms with Crippen molar-refractivity contribution in [3.63, 3.8) is 0 Å². The van der Waals surface area contributed by atoms with Crippen molar-refractivity contribution in [1.29, 1.82) is 0 Å². The van der Waals surface area contributed by atoms with Crippen LogP contribution in [0.1, 0.15) is 181 Å². The highest BCUT2D eigenvalue weighted by Crippen LogP contribution is 2.22. The first-order valence-electron chi connectivity index (χ1n) is 18.7. The summed E-state index contributed by atoms with van der Waals surface area (Å²) in [5.41, 5.74) is 0. The molecule has 0 radical (unpaired) electrons. The molecule has 0 atom stereocenters. The van der Waals surface area contributed by atoms with Gasteiger partial charge in [-0.15, -0.1) is 0 Å². The highest BCUT2D eigenvalue weighted by molar-refractivity contribution is 5.69. The number of hydrogen-bond acceptors (Lipinski definition) is 6. The van der Waals surface area contributed by atoms with E-state index < -0.39 is 0 Å². The van der Waals surface area contributed by atoms with Crippen molar-refractivity contribution in [3.8, 4) is 0 Å². The zero-order valence-electron chi connectivity index (χ0n) is 29.0. The molecule has 6 heteroatoms. The Kier molecular flexibility index (Phi) is 32.9. The summed E-state index contributed by atoms with van der Waals surface area (Å²) in [7, 11) is 0. The Hall–Kier alpha value is -1.14. The summed E-state index contributed by atoms with van der Waals surface area (Å²) in [6.45, 7) is 10.3. The Bertz CT molecular complexity index is 588. The molecular weight excluding hydrogens is 538 g/mol. The first kappa shape index (κ1) is 41.9. The Balaban J connectivity index is 3.93. The first-order valence-corrected chi connectivity index (χ1v) is 18.7. The van der Waals surface area contributed by atoms with Crippen LogP contribution >= 0.6 is 0 Å². The number of carbonyl (C=O) groups excluding carboxylic acids is 2. The fourth-order valence-corrected chi connectivity index (χ4v) is 5.76. The molecule has 0 aromatic carbocycles. The molecule has 0 aliphatic carbocycles. The molecule has 0 aliphatic heterocycles. The van der Waals surface area contributed by atoms with E-state index in [2.05, 4.69) is 25.7 Å². The molecule has 0 heterocycles. The van der Waals surface area contributed by atoms with E-state index >= 15 is 0 Å². The lowest BCUT2D eigenvalue weighted by Crippen LogP contribution is -2.29. The van der Waals surface area contributed by atoms with Crippen LogP contribution in [0, 0.1) is 5.92 Å². The number of carbonyl (C=O) groups is 2. The summed E-state index contributed by atoms with van der Waals surface area (Å²) in [5, 5.41) is 9.44. The van der Waals surface area contributed by atoms with Crippen LogP contribution in [-0.2, 0) is 19.1 Å². The van der Waals surface area contributed by atoms with Gasteiger partial charge >= 0.3 is 11.9 Å². The van der Waals surface area contributed by atoms with Gasteiger partial charge in [-0.05, 0) is 51.1 Å². The number of rotatable bonds is 34. The van der Waals surface area contributed by atoms with Crippen molar-refractivity contribution >= 4 is 11.9 Å². The molecule has 0 unspecified atom stereocenters. The second-order valence-corrected chi connectivity index (χ2v) is 12.7. The average Bonchev–Trinajstić information content (AvgIpc) is 3.00. The smallest absolute Gasteiger partial charge is 0.305 e. The van der Waals surface area contributed by atoms with E-state index in [1.807, 2.05) is 0 Å². The molecule has 256 valence electrons. The summed E-state index contributed by atoms with van der Waals surface area (Å²) in [6, 6.07) is 0. The third-order valence-corrected chi connectivity index (χ3v) is 8.61. The van der Waals surface area contributed by atoms with Crippen molar-refractivity contribution in [3.05, 3.63) is 0 Å². The second kappa shape index (κ2) is 33.7. The highest BCUT2D eigenvalue weighted by Gasteiger charge is 2.12. The van der Waals surface area contributed by atoms with Crippen molar-refractivity contribution in [2.75, 3.05) is 39.5 Å². The highest BCUT2D eigenvalue weighted by atomic mass is 16.5. The molecule has 0 bridgehead atoms. The molecule has 0 saturated heterocycles. The van der Waals surface area contributed by atoms with Crippen molar-refractivity contribution in [1.82, 2.24) is 4.90 Å². The summed E-state index contributed by atoms with van der Waals surface area (Å²) in [5.74, 6) is 0.522. The zero-order chi connectivity index (χ0) is 31.6. The fourth-order valence-electron chi connectivity index (χ4n) is 5.76. The Morgan fingerprint density at radius 3 is 1.56 bits per heavy atom. The third-order valence-electron chi connectivity index (χ3n) is 8.61. The maximum absolute atomic E-state index is 12.3. The van der Waals surface area contributed by atoms with Gasteiger partial charge in [-0.3, -0.25) is 9.59 Å². The molecule has 1 N–H and O–H groups in total. The van der Waals surface area contributed by atoms with Crippen LogP contribution in [0.2, 0.25) is 0 Å². The fraction of sp³-hybridized carbons (Fsp3) is 0.946. The van der Waals surface area contributed by atoms with Crippen molar-refractivity contribution in [2.45, 2.75) is 181 Å². The SMILES string of the molecule is CCCCCCCCCCOC(=O)CCCN(CCO)CCCCCC(=O)OCCC(CCCCCC)CCCCCC. The minimum atomic E-state index is -0.107. The van der Waals surface area contributed by atoms with Crippen molar-refractivity contribution in [2.24, 2.45) is 5.92 Å². The van der Waals surface area contributed by atoms with E-state index in [0.717, 1.165) is 58.0 Å². The molecule has 0 aromatic rings. The predicted octanol–water partition coefficient (Wildman–Crippen LogP) is 9.80. The van der Waals surface area contributed by atoms with E-state index in [1.54, 1.807) is 0 Å². The molecular formula is C37H73NO5. The topological polar surface area (TPSA) is 76.1 Å². The third kappa shape index (κ3) is 30.7. The van der Waals surface area contributed by atoms with Gasteiger partial charge in [0.1, 0.15) is 0 Å². The van der Waals surface area contributed by atoms with Crippen LogP contribution in [0.25, 0.3) is 0 Å². The van der Waals surface area contributed by atoms with Crippen molar-refractivity contribution < 1.29 is 24.2 Å².